The van der Waals surface area contributed by atoms with E-state index in [1.807, 2.05) is 28.5 Å². The second-order valence-corrected chi connectivity index (χ2v) is 8.88. The van der Waals surface area contributed by atoms with E-state index < -0.39 is 6.10 Å². The van der Waals surface area contributed by atoms with E-state index in [1.165, 1.54) is 0 Å². The molecule has 0 radical (unpaired) electrons. The molecule has 2 aliphatic heterocycles. The van der Waals surface area contributed by atoms with Gasteiger partial charge in [-0.05, 0) is 55.2 Å². The molecule has 2 fully saturated rings. The summed E-state index contributed by atoms with van der Waals surface area (Å²) in [5, 5.41) is 12.5. The first kappa shape index (κ1) is 20.0. The summed E-state index contributed by atoms with van der Waals surface area (Å²) in [6.45, 7) is 2.61. The van der Waals surface area contributed by atoms with Gasteiger partial charge in [0.15, 0.2) is 0 Å². The third-order valence-corrected chi connectivity index (χ3v) is 7.09. The van der Waals surface area contributed by atoms with Gasteiger partial charge in [-0.25, -0.2) is 0 Å². The number of likely N-dealkylation sites (tertiary alicyclic amines) is 2. The number of hydrogen-bond donors (Lipinski definition) is 1. The van der Waals surface area contributed by atoms with Gasteiger partial charge in [-0.15, -0.1) is 11.3 Å². The van der Waals surface area contributed by atoms with Crippen molar-refractivity contribution in [2.75, 3.05) is 26.2 Å². The fraction of sp³-hybridized carbons (Fsp3) is 0.500. The summed E-state index contributed by atoms with van der Waals surface area (Å²) in [7, 11) is 0. The highest BCUT2D eigenvalue weighted by molar-refractivity contribution is 7.10. The summed E-state index contributed by atoms with van der Waals surface area (Å²) >= 11 is 1.59. The molecule has 0 aliphatic carbocycles. The van der Waals surface area contributed by atoms with Gasteiger partial charge in [-0.1, -0.05) is 12.1 Å². The molecule has 154 valence electrons. The molecule has 7 heteroatoms. The first-order chi connectivity index (χ1) is 14.1. The summed E-state index contributed by atoms with van der Waals surface area (Å²) in [4.78, 5) is 34.4. The maximum absolute atomic E-state index is 13.0. The topological polar surface area (TPSA) is 73.7 Å². The molecule has 2 amide bonds. The summed E-state index contributed by atoms with van der Waals surface area (Å²) in [5.74, 6) is 0.357. The number of aromatic nitrogens is 1. The van der Waals surface area contributed by atoms with Crippen molar-refractivity contribution < 1.29 is 14.7 Å². The van der Waals surface area contributed by atoms with Crippen molar-refractivity contribution in [1.29, 1.82) is 0 Å². The van der Waals surface area contributed by atoms with Crippen LogP contribution in [0.15, 0.2) is 41.9 Å². The summed E-state index contributed by atoms with van der Waals surface area (Å²) in [5.41, 5.74) is 0.462. The van der Waals surface area contributed by atoms with Crippen LogP contribution in [0.25, 0.3) is 0 Å². The molecule has 1 atom stereocenters. The van der Waals surface area contributed by atoms with E-state index in [9.17, 15) is 14.7 Å². The Morgan fingerprint density at radius 3 is 2.34 bits per heavy atom. The monoisotopic (exact) mass is 413 g/mol. The lowest BCUT2D eigenvalue weighted by atomic mass is 9.88. The molecule has 4 rings (SSSR count). The highest BCUT2D eigenvalue weighted by Gasteiger charge is 2.34. The number of thiophene rings is 1. The lowest BCUT2D eigenvalue weighted by Gasteiger charge is -2.38. The van der Waals surface area contributed by atoms with Crippen LogP contribution in [0.3, 0.4) is 0 Å². The lowest BCUT2D eigenvalue weighted by Crippen LogP contribution is -2.47. The van der Waals surface area contributed by atoms with Gasteiger partial charge in [0.05, 0.1) is 6.10 Å². The lowest BCUT2D eigenvalue weighted by molar-refractivity contribution is -0.139. The van der Waals surface area contributed by atoms with Gasteiger partial charge in [-0.3, -0.25) is 14.6 Å². The highest BCUT2D eigenvalue weighted by atomic mass is 32.1. The standard InChI is InChI=1S/C22H27N3O3S/c26-20(19-5-3-15-29-19)16-6-11-24(12-7-16)21(27)17-8-13-25(14-9-17)22(28)18-4-1-2-10-23-18/h1-5,10,15-17,20,26H,6-9,11-14H2. The Labute approximate surface area is 175 Å². The van der Waals surface area contributed by atoms with Gasteiger partial charge >= 0.3 is 0 Å². The predicted octanol–water partition coefficient (Wildman–Crippen LogP) is 2.97. The van der Waals surface area contributed by atoms with E-state index in [1.54, 1.807) is 34.6 Å². The summed E-state index contributed by atoms with van der Waals surface area (Å²) in [6.07, 6.45) is 4.28. The molecule has 0 saturated carbocycles. The van der Waals surface area contributed by atoms with Crippen LogP contribution < -0.4 is 0 Å². The van der Waals surface area contributed by atoms with Gasteiger partial charge in [0.2, 0.25) is 5.91 Å². The molecule has 0 bridgehead atoms. The average molecular weight is 414 g/mol. The first-order valence-corrected chi connectivity index (χ1v) is 11.2. The van der Waals surface area contributed by atoms with Crippen LogP contribution in [0.2, 0.25) is 0 Å². The molecule has 4 heterocycles. The number of carbonyl (C=O) groups excluding carboxylic acids is 2. The quantitative estimate of drug-likeness (QED) is 0.836. The number of amides is 2. The van der Waals surface area contributed by atoms with Crippen LogP contribution in [0, 0.1) is 11.8 Å². The van der Waals surface area contributed by atoms with Crippen molar-refractivity contribution in [3.8, 4) is 0 Å². The summed E-state index contributed by atoms with van der Waals surface area (Å²) in [6, 6.07) is 9.29. The van der Waals surface area contributed by atoms with Crippen LogP contribution in [-0.4, -0.2) is 57.9 Å². The highest BCUT2D eigenvalue weighted by Crippen LogP contribution is 2.33. The van der Waals surface area contributed by atoms with Gasteiger partial charge in [0, 0.05) is 43.2 Å². The molecule has 0 aromatic carbocycles. The number of hydrogen-bond acceptors (Lipinski definition) is 5. The third kappa shape index (κ3) is 4.51. The minimum Gasteiger partial charge on any atom is -0.387 e. The number of aliphatic hydroxyl groups is 1. The molecule has 2 aromatic heterocycles. The minimum atomic E-state index is -0.423. The second-order valence-electron chi connectivity index (χ2n) is 7.90. The van der Waals surface area contributed by atoms with Gasteiger partial charge < -0.3 is 14.9 Å². The predicted molar refractivity (Wildman–Crippen MR) is 111 cm³/mol. The van der Waals surface area contributed by atoms with Crippen LogP contribution in [0.4, 0.5) is 0 Å². The van der Waals surface area contributed by atoms with Crippen LogP contribution in [0.5, 0.6) is 0 Å². The zero-order valence-corrected chi connectivity index (χ0v) is 17.3. The largest absolute Gasteiger partial charge is 0.387 e. The van der Waals surface area contributed by atoms with Crippen molar-refractivity contribution in [3.05, 3.63) is 52.5 Å². The Hall–Kier alpha value is -2.25. The molecular weight excluding hydrogens is 386 g/mol. The molecule has 1 N–H and O–H groups in total. The van der Waals surface area contributed by atoms with E-state index in [2.05, 4.69) is 4.98 Å². The van der Waals surface area contributed by atoms with Crippen LogP contribution >= 0.6 is 11.3 Å². The molecule has 6 nitrogen and oxygen atoms in total. The van der Waals surface area contributed by atoms with Crippen molar-refractivity contribution in [2.24, 2.45) is 11.8 Å². The molecule has 29 heavy (non-hydrogen) atoms. The fourth-order valence-corrected chi connectivity index (χ4v) is 5.17. The number of carbonyl (C=O) groups is 2. The zero-order valence-electron chi connectivity index (χ0n) is 16.4. The molecule has 2 saturated heterocycles. The Morgan fingerprint density at radius 2 is 1.72 bits per heavy atom. The van der Waals surface area contributed by atoms with Crippen LogP contribution in [-0.2, 0) is 4.79 Å². The van der Waals surface area contributed by atoms with Gasteiger partial charge in [0.1, 0.15) is 5.69 Å². The normalized spacial score (nSPS) is 19.9. The molecule has 2 aromatic rings. The van der Waals surface area contributed by atoms with Gasteiger partial charge in [0.25, 0.3) is 5.91 Å². The second kappa shape index (κ2) is 9.05. The third-order valence-electron chi connectivity index (χ3n) is 6.15. The Balaban J connectivity index is 1.26. The average Bonchev–Trinajstić information content (AvgIpc) is 3.33. The minimum absolute atomic E-state index is 0.0125. The van der Waals surface area contributed by atoms with E-state index in [0.29, 0.717) is 44.7 Å². The van der Waals surface area contributed by atoms with E-state index >= 15 is 0 Å². The van der Waals surface area contributed by atoms with Crippen LogP contribution in [0.1, 0.15) is 47.2 Å². The Bertz CT molecular complexity index is 811. The van der Waals surface area contributed by atoms with Crippen molar-refractivity contribution >= 4 is 23.2 Å². The maximum atomic E-state index is 13.0. The molecular formula is C22H27N3O3S. The number of aliphatic hydroxyl groups excluding tert-OH is 1. The fourth-order valence-electron chi connectivity index (χ4n) is 4.37. The van der Waals surface area contributed by atoms with E-state index in [0.717, 1.165) is 17.7 Å². The number of nitrogens with zero attached hydrogens (tertiary/aromatic N) is 3. The Kier molecular flexibility index (Phi) is 6.25. The first-order valence-electron chi connectivity index (χ1n) is 10.3. The maximum Gasteiger partial charge on any atom is 0.272 e. The zero-order chi connectivity index (χ0) is 20.2. The van der Waals surface area contributed by atoms with Crippen molar-refractivity contribution in [2.45, 2.75) is 31.8 Å². The van der Waals surface area contributed by atoms with E-state index in [-0.39, 0.29) is 23.7 Å². The molecule has 1 unspecified atom stereocenters. The van der Waals surface area contributed by atoms with Crippen molar-refractivity contribution in [3.63, 3.8) is 0 Å². The Morgan fingerprint density at radius 1 is 1.00 bits per heavy atom. The van der Waals surface area contributed by atoms with Gasteiger partial charge in [-0.2, -0.15) is 0 Å². The molecule has 2 aliphatic rings. The van der Waals surface area contributed by atoms with Crippen molar-refractivity contribution in [1.82, 2.24) is 14.8 Å². The molecule has 0 spiro atoms. The smallest absolute Gasteiger partial charge is 0.272 e. The van der Waals surface area contributed by atoms with E-state index in [4.69, 9.17) is 0 Å². The number of pyridine rings is 1. The summed E-state index contributed by atoms with van der Waals surface area (Å²) < 4.78 is 0. The number of piperidine rings is 2. The number of rotatable bonds is 4. The SMILES string of the molecule is O=C(c1ccccn1)N1CCC(C(=O)N2CCC(C(O)c3cccs3)CC2)CC1.